The zero-order valence-corrected chi connectivity index (χ0v) is 16.9. The van der Waals surface area contributed by atoms with Crippen molar-refractivity contribution in [3.63, 3.8) is 0 Å². The van der Waals surface area contributed by atoms with Crippen LogP contribution in [0.2, 0.25) is 0 Å². The molecule has 3 N–H and O–H groups in total. The number of aromatic nitrogens is 4. The van der Waals surface area contributed by atoms with Crippen LogP contribution in [0, 0.1) is 0 Å². The lowest BCUT2D eigenvalue weighted by Crippen LogP contribution is -2.19. The van der Waals surface area contributed by atoms with Crippen molar-refractivity contribution in [3.8, 4) is 5.82 Å². The van der Waals surface area contributed by atoms with Gasteiger partial charge in [0.1, 0.15) is 12.1 Å². The van der Waals surface area contributed by atoms with Crippen LogP contribution in [0.25, 0.3) is 5.82 Å². The molecule has 4 rings (SSSR count). The van der Waals surface area contributed by atoms with E-state index >= 15 is 0 Å². The Labute approximate surface area is 177 Å². The first-order chi connectivity index (χ1) is 14.7. The Hall–Kier alpha value is -3.85. The number of nitrogens with one attached hydrogen (secondary N) is 3. The van der Waals surface area contributed by atoms with E-state index in [1.54, 1.807) is 28.7 Å². The lowest BCUT2D eigenvalue weighted by Gasteiger charge is -2.10. The molecule has 0 spiro atoms. The van der Waals surface area contributed by atoms with Gasteiger partial charge in [0.2, 0.25) is 0 Å². The minimum Gasteiger partial charge on any atom is -0.340 e. The van der Waals surface area contributed by atoms with Gasteiger partial charge in [0, 0.05) is 40.4 Å². The Morgan fingerprint density at radius 1 is 0.933 bits per heavy atom. The molecule has 0 aliphatic rings. The van der Waals surface area contributed by atoms with Gasteiger partial charge in [-0.1, -0.05) is 6.07 Å². The highest BCUT2D eigenvalue weighted by molar-refractivity contribution is 7.98. The molecule has 0 bridgehead atoms. The number of carbonyl (C=O) groups excluding carboxylic acids is 1. The van der Waals surface area contributed by atoms with Gasteiger partial charge in [-0.25, -0.2) is 19.4 Å². The summed E-state index contributed by atoms with van der Waals surface area (Å²) in [4.78, 5) is 21.8. The average Bonchev–Trinajstić information content (AvgIpc) is 3.30. The highest BCUT2D eigenvalue weighted by atomic mass is 32.2. The molecule has 30 heavy (non-hydrogen) atoms. The van der Waals surface area contributed by atoms with Crippen molar-refractivity contribution >= 4 is 40.7 Å². The van der Waals surface area contributed by atoms with Crippen LogP contribution in [-0.4, -0.2) is 32.0 Å². The van der Waals surface area contributed by atoms with E-state index in [0.29, 0.717) is 17.3 Å². The van der Waals surface area contributed by atoms with Crippen LogP contribution in [0.5, 0.6) is 0 Å². The number of anilines is 4. The average molecular weight is 417 g/mol. The summed E-state index contributed by atoms with van der Waals surface area (Å²) in [5.41, 5.74) is 2.26. The van der Waals surface area contributed by atoms with Gasteiger partial charge in [0.05, 0.1) is 0 Å². The number of amides is 2. The molecule has 0 atom stereocenters. The lowest BCUT2D eigenvalue weighted by molar-refractivity contribution is 0.262. The molecule has 0 radical (unpaired) electrons. The third-order valence-corrected chi connectivity index (χ3v) is 4.86. The van der Waals surface area contributed by atoms with Crippen molar-refractivity contribution in [1.29, 1.82) is 0 Å². The maximum Gasteiger partial charge on any atom is 0.323 e. The highest BCUT2D eigenvalue weighted by Crippen LogP contribution is 2.20. The van der Waals surface area contributed by atoms with Crippen molar-refractivity contribution in [1.82, 2.24) is 19.7 Å². The van der Waals surface area contributed by atoms with Crippen LogP contribution in [0.1, 0.15) is 0 Å². The number of hydrogen-bond donors (Lipinski definition) is 3. The van der Waals surface area contributed by atoms with Crippen LogP contribution < -0.4 is 16.0 Å². The molecule has 0 fully saturated rings. The minimum absolute atomic E-state index is 0.298. The van der Waals surface area contributed by atoms with Crippen molar-refractivity contribution < 1.29 is 4.79 Å². The standard InChI is InChI=1S/C21H19N7OS/c1-30-18-5-2-4-17(12-18)27-21(29)26-16-8-6-15(7-9-16)25-19-13-20(23-14-22-19)28-11-3-10-24-28/h2-14H,1H3,(H,22,23,25)(H2,26,27,29). The second-order valence-electron chi connectivity index (χ2n) is 6.23. The second kappa shape index (κ2) is 9.10. The van der Waals surface area contributed by atoms with Crippen molar-refractivity contribution in [2.45, 2.75) is 4.90 Å². The van der Waals surface area contributed by atoms with Gasteiger partial charge in [-0.05, 0) is 54.8 Å². The Morgan fingerprint density at radius 2 is 1.73 bits per heavy atom. The summed E-state index contributed by atoms with van der Waals surface area (Å²) in [5, 5.41) is 13.0. The molecule has 150 valence electrons. The molecule has 2 heterocycles. The zero-order chi connectivity index (χ0) is 20.8. The maximum absolute atomic E-state index is 12.2. The van der Waals surface area contributed by atoms with Crippen LogP contribution in [0.3, 0.4) is 0 Å². The molecule has 8 nitrogen and oxygen atoms in total. The number of thioether (sulfide) groups is 1. The van der Waals surface area contributed by atoms with E-state index in [0.717, 1.165) is 16.3 Å². The first-order valence-corrected chi connectivity index (χ1v) is 10.3. The highest BCUT2D eigenvalue weighted by Gasteiger charge is 2.05. The van der Waals surface area contributed by atoms with E-state index in [-0.39, 0.29) is 6.03 Å². The third-order valence-electron chi connectivity index (χ3n) is 4.13. The molecular formula is C21H19N7OS. The monoisotopic (exact) mass is 417 g/mol. The Balaban J connectivity index is 1.37. The van der Waals surface area contributed by atoms with Gasteiger partial charge in [-0.15, -0.1) is 11.8 Å². The first-order valence-electron chi connectivity index (χ1n) is 9.11. The van der Waals surface area contributed by atoms with E-state index in [1.165, 1.54) is 6.33 Å². The van der Waals surface area contributed by atoms with Crippen LogP contribution in [-0.2, 0) is 0 Å². The predicted molar refractivity (Wildman–Crippen MR) is 120 cm³/mol. The molecule has 2 aromatic heterocycles. The van der Waals surface area contributed by atoms with Gasteiger partial charge >= 0.3 is 6.03 Å². The predicted octanol–water partition coefficient (Wildman–Crippen LogP) is 4.77. The largest absolute Gasteiger partial charge is 0.340 e. The summed E-state index contributed by atoms with van der Waals surface area (Å²) in [5.74, 6) is 1.31. The summed E-state index contributed by atoms with van der Waals surface area (Å²) in [7, 11) is 0. The topological polar surface area (TPSA) is 96.8 Å². The molecule has 0 aliphatic heterocycles. The fourth-order valence-electron chi connectivity index (χ4n) is 2.72. The molecular weight excluding hydrogens is 398 g/mol. The summed E-state index contributed by atoms with van der Waals surface area (Å²) in [6.45, 7) is 0. The molecule has 9 heteroatoms. The van der Waals surface area contributed by atoms with Crippen LogP contribution in [0.15, 0.2) is 84.3 Å². The summed E-state index contributed by atoms with van der Waals surface area (Å²) < 4.78 is 1.66. The number of urea groups is 1. The molecule has 0 saturated carbocycles. The first kappa shape index (κ1) is 19.5. The zero-order valence-electron chi connectivity index (χ0n) is 16.1. The molecule has 0 unspecified atom stereocenters. The van der Waals surface area contributed by atoms with E-state index in [9.17, 15) is 4.79 Å². The van der Waals surface area contributed by atoms with Gasteiger partial charge in [0.15, 0.2) is 5.82 Å². The van der Waals surface area contributed by atoms with E-state index < -0.39 is 0 Å². The quantitative estimate of drug-likeness (QED) is 0.391. The third kappa shape index (κ3) is 4.95. The normalized spacial score (nSPS) is 10.4. The van der Waals surface area contributed by atoms with Gasteiger partial charge < -0.3 is 16.0 Å². The number of rotatable bonds is 6. The van der Waals surface area contributed by atoms with Gasteiger partial charge in [0.25, 0.3) is 0 Å². The molecule has 4 aromatic rings. The summed E-state index contributed by atoms with van der Waals surface area (Å²) in [6, 6.07) is 18.4. The number of hydrogen-bond acceptors (Lipinski definition) is 6. The fraction of sp³-hybridized carbons (Fsp3) is 0.0476. The fourth-order valence-corrected chi connectivity index (χ4v) is 3.18. The number of carbonyl (C=O) groups is 1. The number of benzene rings is 2. The molecule has 0 aliphatic carbocycles. The SMILES string of the molecule is CSc1cccc(NC(=O)Nc2ccc(Nc3cc(-n4cccn4)ncn3)cc2)c1. The Bertz CT molecular complexity index is 1130. The second-order valence-corrected chi connectivity index (χ2v) is 7.11. The molecule has 2 amide bonds. The summed E-state index contributed by atoms with van der Waals surface area (Å²) >= 11 is 1.62. The summed E-state index contributed by atoms with van der Waals surface area (Å²) in [6.07, 6.45) is 6.98. The van der Waals surface area contributed by atoms with E-state index in [1.807, 2.05) is 67.0 Å². The lowest BCUT2D eigenvalue weighted by atomic mass is 10.2. The Kier molecular flexibility index (Phi) is 5.90. The smallest absolute Gasteiger partial charge is 0.323 e. The van der Waals surface area contributed by atoms with Crippen LogP contribution >= 0.6 is 11.8 Å². The van der Waals surface area contributed by atoms with Gasteiger partial charge in [-0.2, -0.15) is 5.10 Å². The molecule has 2 aromatic carbocycles. The minimum atomic E-state index is -0.298. The van der Waals surface area contributed by atoms with Crippen molar-refractivity contribution in [2.24, 2.45) is 0 Å². The van der Waals surface area contributed by atoms with Crippen molar-refractivity contribution in [3.05, 3.63) is 79.4 Å². The Morgan fingerprint density at radius 3 is 2.50 bits per heavy atom. The number of nitrogens with zero attached hydrogens (tertiary/aromatic N) is 4. The maximum atomic E-state index is 12.2. The van der Waals surface area contributed by atoms with E-state index in [4.69, 9.17) is 0 Å². The van der Waals surface area contributed by atoms with Crippen molar-refractivity contribution in [2.75, 3.05) is 22.2 Å². The van der Waals surface area contributed by atoms with E-state index in [2.05, 4.69) is 31.0 Å². The van der Waals surface area contributed by atoms with Gasteiger partial charge in [-0.3, -0.25) is 0 Å². The van der Waals surface area contributed by atoms with Crippen LogP contribution in [0.4, 0.5) is 27.7 Å². The molecule has 0 saturated heterocycles.